The first-order valence-electron chi connectivity index (χ1n) is 14.0. The Bertz CT molecular complexity index is 909. The topological polar surface area (TPSA) is 145 Å². The van der Waals surface area contributed by atoms with Crippen molar-refractivity contribution in [3.05, 3.63) is 0 Å². The lowest BCUT2D eigenvalue weighted by Gasteiger charge is -2.65. The van der Waals surface area contributed by atoms with E-state index < -0.39 is 39.7 Å². The van der Waals surface area contributed by atoms with E-state index in [0.29, 0.717) is 32.1 Å². The van der Waals surface area contributed by atoms with Gasteiger partial charge in [-0.1, -0.05) is 34.6 Å². The zero-order valence-corrected chi connectivity index (χ0v) is 23.3. The Morgan fingerprint density at radius 2 is 1.69 bits per heavy atom. The van der Waals surface area contributed by atoms with Gasteiger partial charge in [-0.05, 0) is 92.3 Å². The third-order valence-corrected chi connectivity index (χ3v) is 12.0. The average Bonchev–Trinajstić information content (AvgIpc) is 3.05. The molecule has 0 aromatic heterocycles. The number of rotatable bonds is 7. The summed E-state index contributed by atoms with van der Waals surface area (Å²) in [5.74, 6) is 0.345. The summed E-state index contributed by atoms with van der Waals surface area (Å²) in [4.78, 5) is 0. The largest absolute Gasteiger partial charge is 0.397 e. The molecule has 210 valence electrons. The van der Waals surface area contributed by atoms with E-state index in [1.807, 2.05) is 20.8 Å². The SMILES string of the molecule is CC(C)[C@@H](O)CC[C@@H](C)[C@H]1C[C@H](OS(=O)(=O)O)C2C3C[C@@H](O)[C@@]4(O)C[C@@H](O)CC[C@]4(C)C3CC[C@@]21C. The van der Waals surface area contributed by atoms with Gasteiger partial charge >= 0.3 is 10.4 Å². The molecule has 4 fully saturated rings. The smallest absolute Gasteiger partial charge is 0.393 e. The van der Waals surface area contributed by atoms with Crippen molar-refractivity contribution in [2.45, 2.75) is 122 Å². The van der Waals surface area contributed by atoms with Crippen molar-refractivity contribution in [3.63, 3.8) is 0 Å². The fourth-order valence-electron chi connectivity index (χ4n) is 9.45. The molecule has 0 amide bonds. The molecule has 0 radical (unpaired) electrons. The molecule has 5 N–H and O–H groups in total. The molecule has 8 nitrogen and oxygen atoms in total. The van der Waals surface area contributed by atoms with Gasteiger partial charge < -0.3 is 20.4 Å². The molecule has 36 heavy (non-hydrogen) atoms. The van der Waals surface area contributed by atoms with Gasteiger partial charge in [0.25, 0.3) is 0 Å². The van der Waals surface area contributed by atoms with Gasteiger partial charge in [-0.25, -0.2) is 4.18 Å². The van der Waals surface area contributed by atoms with Crippen molar-refractivity contribution in [3.8, 4) is 0 Å². The Morgan fingerprint density at radius 1 is 1.03 bits per heavy atom. The molecular formula is C27H48O8S. The zero-order valence-electron chi connectivity index (χ0n) is 22.5. The van der Waals surface area contributed by atoms with Crippen LogP contribution >= 0.6 is 0 Å². The molecule has 0 saturated heterocycles. The van der Waals surface area contributed by atoms with Crippen LogP contribution in [0.1, 0.15) is 92.4 Å². The second kappa shape index (κ2) is 9.72. The van der Waals surface area contributed by atoms with E-state index in [1.54, 1.807) is 0 Å². The van der Waals surface area contributed by atoms with Gasteiger partial charge in [0.2, 0.25) is 0 Å². The second-order valence-electron chi connectivity index (χ2n) is 13.6. The van der Waals surface area contributed by atoms with Gasteiger partial charge in [-0.3, -0.25) is 4.55 Å². The fraction of sp³-hybridized carbons (Fsp3) is 1.00. The lowest BCUT2D eigenvalue weighted by molar-refractivity contribution is -0.267. The minimum absolute atomic E-state index is 0.0563. The monoisotopic (exact) mass is 532 g/mol. The first kappa shape index (κ1) is 28.7. The molecular weight excluding hydrogens is 484 g/mol. The highest BCUT2D eigenvalue weighted by molar-refractivity contribution is 7.80. The Morgan fingerprint density at radius 3 is 2.31 bits per heavy atom. The molecule has 3 unspecified atom stereocenters. The normalized spacial score (nSPS) is 48.7. The number of aliphatic hydroxyl groups excluding tert-OH is 3. The molecule has 0 spiro atoms. The number of hydrogen-bond acceptors (Lipinski definition) is 7. The molecule has 4 aliphatic carbocycles. The van der Waals surface area contributed by atoms with Gasteiger partial charge in [0.15, 0.2) is 0 Å². The number of fused-ring (bicyclic) bond motifs is 5. The summed E-state index contributed by atoms with van der Waals surface area (Å²) >= 11 is 0. The lowest BCUT2D eigenvalue weighted by Crippen LogP contribution is -2.69. The third kappa shape index (κ3) is 4.69. The van der Waals surface area contributed by atoms with E-state index in [4.69, 9.17) is 4.18 Å². The van der Waals surface area contributed by atoms with E-state index in [1.165, 1.54) is 0 Å². The van der Waals surface area contributed by atoms with Crippen LogP contribution < -0.4 is 0 Å². The van der Waals surface area contributed by atoms with Crippen molar-refractivity contribution in [2.24, 2.45) is 46.3 Å². The highest BCUT2D eigenvalue weighted by Gasteiger charge is 2.69. The first-order valence-corrected chi connectivity index (χ1v) is 15.3. The van der Waals surface area contributed by atoms with E-state index in [0.717, 1.165) is 19.3 Å². The van der Waals surface area contributed by atoms with Crippen LogP contribution in [-0.2, 0) is 14.6 Å². The standard InChI is InChI=1S/C27H48O8S/c1-15(2)21(29)7-6-16(3)20-13-22(35-36(32,33)34)24-18-12-23(30)27(31)14-17(28)8-11-26(27,5)19(18)9-10-25(20,24)4/h15-24,28-31H,6-14H2,1-5H3,(H,32,33,34)/t16-,17+,18?,19?,20-,21+,22+,23-,24?,25-,26-,27+/m1/s1. The summed E-state index contributed by atoms with van der Waals surface area (Å²) in [7, 11) is -4.67. The summed E-state index contributed by atoms with van der Waals surface area (Å²) in [6.07, 6.45) is 2.59. The quantitative estimate of drug-likeness (QED) is 0.314. The summed E-state index contributed by atoms with van der Waals surface area (Å²) in [6.45, 7) is 10.4. The Kier molecular flexibility index (Phi) is 7.75. The number of aliphatic hydroxyl groups is 4. The molecule has 4 saturated carbocycles. The van der Waals surface area contributed by atoms with E-state index in [2.05, 4.69) is 13.8 Å². The predicted octanol–water partition coefficient (Wildman–Crippen LogP) is 3.32. The van der Waals surface area contributed by atoms with Crippen LogP contribution in [0.2, 0.25) is 0 Å². The van der Waals surface area contributed by atoms with Gasteiger partial charge in [0.1, 0.15) is 0 Å². The van der Waals surface area contributed by atoms with Crippen molar-refractivity contribution in [1.29, 1.82) is 0 Å². The molecule has 4 rings (SSSR count). The van der Waals surface area contributed by atoms with Crippen LogP contribution in [0, 0.1) is 46.3 Å². The minimum atomic E-state index is -4.67. The van der Waals surface area contributed by atoms with E-state index >= 15 is 0 Å². The van der Waals surface area contributed by atoms with E-state index in [-0.39, 0.29) is 53.4 Å². The highest BCUT2D eigenvalue weighted by Crippen LogP contribution is 2.69. The number of hydrogen-bond donors (Lipinski definition) is 5. The zero-order chi connectivity index (χ0) is 26.8. The Balaban J connectivity index is 1.67. The van der Waals surface area contributed by atoms with Crippen LogP contribution in [0.15, 0.2) is 0 Å². The third-order valence-electron chi connectivity index (χ3n) is 11.5. The highest BCUT2D eigenvalue weighted by atomic mass is 32.3. The van der Waals surface area contributed by atoms with Crippen LogP contribution in [-0.4, -0.2) is 63.4 Å². The van der Waals surface area contributed by atoms with Gasteiger partial charge in [-0.2, -0.15) is 8.42 Å². The molecule has 0 bridgehead atoms. The summed E-state index contributed by atoms with van der Waals surface area (Å²) in [5, 5.41) is 43.7. The molecule has 9 heteroatoms. The van der Waals surface area contributed by atoms with Crippen molar-refractivity contribution < 1.29 is 37.6 Å². The second-order valence-corrected chi connectivity index (χ2v) is 14.6. The van der Waals surface area contributed by atoms with Crippen LogP contribution in [0.3, 0.4) is 0 Å². The van der Waals surface area contributed by atoms with Gasteiger partial charge in [0, 0.05) is 11.8 Å². The van der Waals surface area contributed by atoms with Crippen LogP contribution in [0.4, 0.5) is 0 Å². The molecule has 0 aliphatic heterocycles. The predicted molar refractivity (Wildman–Crippen MR) is 135 cm³/mol. The maximum absolute atomic E-state index is 11.9. The maximum Gasteiger partial charge on any atom is 0.397 e. The first-order chi connectivity index (χ1) is 16.5. The van der Waals surface area contributed by atoms with Crippen molar-refractivity contribution >= 4 is 10.4 Å². The Hall–Kier alpha value is -0.290. The lowest BCUT2D eigenvalue weighted by atomic mass is 9.42. The summed E-state index contributed by atoms with van der Waals surface area (Å²) in [5.41, 5.74) is -2.22. The summed E-state index contributed by atoms with van der Waals surface area (Å²) in [6, 6.07) is 0. The molecule has 0 aromatic rings. The van der Waals surface area contributed by atoms with Crippen LogP contribution in [0.25, 0.3) is 0 Å². The van der Waals surface area contributed by atoms with Crippen molar-refractivity contribution in [2.75, 3.05) is 0 Å². The molecule has 0 aromatic carbocycles. The van der Waals surface area contributed by atoms with Crippen LogP contribution in [0.5, 0.6) is 0 Å². The molecule has 0 heterocycles. The Labute approximate surface area is 216 Å². The molecule has 4 aliphatic rings. The minimum Gasteiger partial charge on any atom is -0.393 e. The van der Waals surface area contributed by atoms with E-state index in [9.17, 15) is 33.4 Å². The maximum atomic E-state index is 11.9. The molecule has 12 atom stereocenters. The van der Waals surface area contributed by atoms with Gasteiger partial charge in [0.05, 0.1) is 30.0 Å². The van der Waals surface area contributed by atoms with Gasteiger partial charge in [-0.15, -0.1) is 0 Å². The fourth-order valence-corrected chi connectivity index (χ4v) is 9.96. The van der Waals surface area contributed by atoms with Crippen molar-refractivity contribution in [1.82, 2.24) is 0 Å². The summed E-state index contributed by atoms with van der Waals surface area (Å²) < 4.78 is 38.9. The average molecular weight is 533 g/mol.